The molecule has 1 aliphatic rings. The van der Waals surface area contributed by atoms with E-state index in [0.29, 0.717) is 17.2 Å². The molecule has 118 valence electrons. The van der Waals surface area contributed by atoms with E-state index in [1.54, 1.807) is 0 Å². The summed E-state index contributed by atoms with van der Waals surface area (Å²) in [5.74, 6) is 1.19. The summed E-state index contributed by atoms with van der Waals surface area (Å²) in [7, 11) is 0. The van der Waals surface area contributed by atoms with Crippen LogP contribution < -0.4 is 5.32 Å². The number of nitrogens with one attached hydrogen (secondary N) is 1. The molecule has 0 spiro atoms. The van der Waals surface area contributed by atoms with Crippen LogP contribution >= 0.6 is 0 Å². The normalized spacial score (nSPS) is 23.3. The van der Waals surface area contributed by atoms with Crippen molar-refractivity contribution in [3.63, 3.8) is 0 Å². The van der Waals surface area contributed by atoms with Crippen LogP contribution in [-0.4, -0.2) is 11.1 Å². The molecule has 21 heavy (non-hydrogen) atoms. The first-order chi connectivity index (χ1) is 9.79. The highest BCUT2D eigenvalue weighted by atomic mass is 16.3. The largest absolute Gasteiger partial charge is 0.507 e. The lowest BCUT2D eigenvalue weighted by Gasteiger charge is -2.41. The highest BCUT2D eigenvalue weighted by molar-refractivity contribution is 5.42. The molecule has 2 rings (SSSR count). The molecule has 0 bridgehead atoms. The fourth-order valence-electron chi connectivity index (χ4n) is 3.81. The Morgan fingerprint density at radius 3 is 2.24 bits per heavy atom. The average Bonchev–Trinajstić information content (AvgIpc) is 2.41. The summed E-state index contributed by atoms with van der Waals surface area (Å²) in [5.41, 5.74) is 3.60. The molecule has 1 aromatic carbocycles. The van der Waals surface area contributed by atoms with E-state index in [0.717, 1.165) is 23.6 Å². The van der Waals surface area contributed by atoms with Gasteiger partial charge in [-0.15, -0.1) is 0 Å². The Kier molecular flexibility index (Phi) is 4.98. The van der Waals surface area contributed by atoms with E-state index < -0.39 is 0 Å². The quantitative estimate of drug-likeness (QED) is 0.845. The number of benzene rings is 1. The molecule has 2 nitrogen and oxygen atoms in total. The van der Waals surface area contributed by atoms with E-state index in [1.165, 1.54) is 31.2 Å². The zero-order valence-electron chi connectivity index (χ0n) is 14.3. The van der Waals surface area contributed by atoms with Crippen molar-refractivity contribution in [1.82, 2.24) is 5.32 Å². The molecule has 1 saturated carbocycles. The van der Waals surface area contributed by atoms with Gasteiger partial charge in [0.15, 0.2) is 0 Å². The predicted molar refractivity (Wildman–Crippen MR) is 89.6 cm³/mol. The minimum atomic E-state index is 0.374. The van der Waals surface area contributed by atoms with Gasteiger partial charge in [0.1, 0.15) is 5.75 Å². The van der Waals surface area contributed by atoms with Crippen LogP contribution in [0.4, 0.5) is 0 Å². The summed E-state index contributed by atoms with van der Waals surface area (Å²) in [4.78, 5) is 0. The van der Waals surface area contributed by atoms with Gasteiger partial charge in [-0.2, -0.15) is 0 Å². The van der Waals surface area contributed by atoms with Crippen molar-refractivity contribution >= 4 is 0 Å². The maximum Gasteiger partial charge on any atom is 0.121 e. The summed E-state index contributed by atoms with van der Waals surface area (Å²) < 4.78 is 0. The summed E-state index contributed by atoms with van der Waals surface area (Å²) in [6, 6.07) is 4.82. The van der Waals surface area contributed by atoms with Gasteiger partial charge in [-0.05, 0) is 54.7 Å². The Morgan fingerprint density at radius 1 is 1.10 bits per heavy atom. The van der Waals surface area contributed by atoms with Crippen molar-refractivity contribution in [2.75, 3.05) is 0 Å². The van der Waals surface area contributed by atoms with Crippen LogP contribution in [-0.2, 0) is 6.54 Å². The fraction of sp³-hybridized carbons (Fsp3) is 0.684. The van der Waals surface area contributed by atoms with E-state index in [9.17, 15) is 5.11 Å². The van der Waals surface area contributed by atoms with Gasteiger partial charge in [-0.3, -0.25) is 0 Å². The summed E-state index contributed by atoms with van der Waals surface area (Å²) in [6.45, 7) is 12.0. The third-order valence-electron chi connectivity index (χ3n) is 5.00. The number of aromatic hydroxyl groups is 1. The van der Waals surface area contributed by atoms with Gasteiger partial charge in [0.25, 0.3) is 0 Å². The van der Waals surface area contributed by atoms with Crippen LogP contribution in [0.1, 0.15) is 63.1 Å². The number of phenols is 1. The maximum absolute atomic E-state index is 9.88. The Morgan fingerprint density at radius 2 is 1.67 bits per heavy atom. The number of aryl methyl sites for hydroxylation is 2. The summed E-state index contributed by atoms with van der Waals surface area (Å²) in [6.07, 6.45) is 5.35. The molecule has 0 saturated heterocycles. The molecule has 1 aliphatic carbocycles. The van der Waals surface area contributed by atoms with Gasteiger partial charge in [-0.25, -0.2) is 0 Å². The molecular weight excluding hydrogens is 258 g/mol. The van der Waals surface area contributed by atoms with Gasteiger partial charge in [-0.1, -0.05) is 45.7 Å². The van der Waals surface area contributed by atoms with Crippen LogP contribution in [0.5, 0.6) is 5.75 Å². The lowest BCUT2D eigenvalue weighted by atomic mass is 9.69. The van der Waals surface area contributed by atoms with Crippen molar-refractivity contribution < 1.29 is 5.11 Å². The third kappa shape index (κ3) is 4.00. The minimum Gasteiger partial charge on any atom is -0.507 e. The predicted octanol–water partition coefficient (Wildman–Crippen LogP) is 4.70. The Balaban J connectivity index is 2.04. The van der Waals surface area contributed by atoms with Gasteiger partial charge in [0, 0.05) is 12.6 Å². The Hall–Kier alpha value is -1.02. The lowest BCUT2D eigenvalue weighted by Crippen LogP contribution is -2.43. The average molecular weight is 289 g/mol. The van der Waals surface area contributed by atoms with Crippen LogP contribution in [0.3, 0.4) is 0 Å². The van der Waals surface area contributed by atoms with Gasteiger partial charge < -0.3 is 10.4 Å². The molecule has 0 radical (unpaired) electrons. The molecule has 2 unspecified atom stereocenters. The molecule has 0 aliphatic heterocycles. The number of phenolic OH excluding ortho intramolecular Hbond substituents is 1. The molecule has 1 aromatic rings. The molecule has 2 N–H and O–H groups in total. The zero-order valence-corrected chi connectivity index (χ0v) is 14.3. The second-order valence-electron chi connectivity index (χ2n) is 7.82. The highest BCUT2D eigenvalue weighted by Gasteiger charge is 2.33. The van der Waals surface area contributed by atoms with Crippen molar-refractivity contribution in [2.45, 2.75) is 72.9 Å². The second kappa shape index (κ2) is 6.39. The zero-order chi connectivity index (χ0) is 15.6. The SMILES string of the molecule is Cc1cc(CNC2CCCCC2C(C)(C)C)cc(C)c1O. The molecule has 0 aromatic heterocycles. The first-order valence-corrected chi connectivity index (χ1v) is 8.31. The van der Waals surface area contributed by atoms with E-state index in [1.807, 2.05) is 13.8 Å². The van der Waals surface area contributed by atoms with E-state index in [2.05, 4.69) is 38.2 Å². The highest BCUT2D eigenvalue weighted by Crippen LogP contribution is 2.38. The number of hydrogen-bond acceptors (Lipinski definition) is 2. The standard InChI is InChI=1S/C19H31NO/c1-13-10-15(11-14(2)18(13)21)12-20-17-9-7-6-8-16(17)19(3,4)5/h10-11,16-17,20-21H,6-9,12H2,1-5H3. The number of rotatable bonds is 3. The minimum absolute atomic E-state index is 0.374. The number of hydrogen-bond donors (Lipinski definition) is 2. The first kappa shape index (κ1) is 16.4. The second-order valence-corrected chi connectivity index (χ2v) is 7.82. The van der Waals surface area contributed by atoms with E-state index in [4.69, 9.17) is 0 Å². The smallest absolute Gasteiger partial charge is 0.121 e. The van der Waals surface area contributed by atoms with Gasteiger partial charge in [0.2, 0.25) is 0 Å². The Labute approximate surface area is 130 Å². The summed E-state index contributed by atoms with van der Waals surface area (Å²) >= 11 is 0. The monoisotopic (exact) mass is 289 g/mol. The molecule has 2 heteroatoms. The first-order valence-electron chi connectivity index (χ1n) is 8.31. The lowest BCUT2D eigenvalue weighted by molar-refractivity contribution is 0.130. The molecular formula is C19H31NO. The van der Waals surface area contributed by atoms with Crippen LogP contribution in [0.25, 0.3) is 0 Å². The topological polar surface area (TPSA) is 32.3 Å². The molecule has 0 heterocycles. The summed E-state index contributed by atoms with van der Waals surface area (Å²) in [5, 5.41) is 13.7. The molecule has 1 fully saturated rings. The maximum atomic E-state index is 9.88. The van der Waals surface area contributed by atoms with Crippen molar-refractivity contribution in [1.29, 1.82) is 0 Å². The Bertz CT molecular complexity index is 464. The van der Waals surface area contributed by atoms with Crippen molar-refractivity contribution in [2.24, 2.45) is 11.3 Å². The third-order valence-corrected chi connectivity index (χ3v) is 5.00. The van der Waals surface area contributed by atoms with E-state index in [-0.39, 0.29) is 0 Å². The molecule has 0 amide bonds. The van der Waals surface area contributed by atoms with Gasteiger partial charge >= 0.3 is 0 Å². The molecule has 2 atom stereocenters. The van der Waals surface area contributed by atoms with Crippen LogP contribution in [0.2, 0.25) is 0 Å². The van der Waals surface area contributed by atoms with Crippen LogP contribution in [0.15, 0.2) is 12.1 Å². The fourth-order valence-corrected chi connectivity index (χ4v) is 3.81. The van der Waals surface area contributed by atoms with Crippen molar-refractivity contribution in [3.05, 3.63) is 28.8 Å². The van der Waals surface area contributed by atoms with Gasteiger partial charge in [0.05, 0.1) is 0 Å². The van der Waals surface area contributed by atoms with Crippen LogP contribution in [0, 0.1) is 25.2 Å². The van der Waals surface area contributed by atoms with Crippen molar-refractivity contribution in [3.8, 4) is 5.75 Å². The van der Waals surface area contributed by atoms with E-state index >= 15 is 0 Å².